The average Bonchev–Trinajstić information content (AvgIpc) is 3.12. The molecule has 13 heteroatoms. The van der Waals surface area contributed by atoms with Gasteiger partial charge in [-0.2, -0.15) is 5.10 Å². The number of aromatic amines is 1. The Labute approximate surface area is 195 Å². The normalized spacial score (nSPS) is 9.63. The molecule has 0 aromatic carbocycles. The Morgan fingerprint density at radius 3 is 2.13 bits per heavy atom. The van der Waals surface area contributed by atoms with Crippen LogP contribution >= 0.6 is 38.5 Å². The molecular formula is C17H22BrIN10O. The minimum atomic E-state index is -0.307. The molecular weight excluding hydrogens is 567 g/mol. The van der Waals surface area contributed by atoms with Gasteiger partial charge < -0.3 is 22.6 Å². The number of alkyl halides is 1. The fourth-order valence-corrected chi connectivity index (χ4v) is 2.29. The summed E-state index contributed by atoms with van der Waals surface area (Å²) >= 11 is 5.13. The van der Waals surface area contributed by atoms with E-state index in [0.717, 1.165) is 4.60 Å². The third-order valence-corrected chi connectivity index (χ3v) is 3.57. The van der Waals surface area contributed by atoms with Gasteiger partial charge in [-0.15, -0.1) is 0 Å². The molecule has 160 valence electrons. The molecule has 0 unspecified atom stereocenters. The topological polar surface area (TPSA) is 192 Å². The first-order chi connectivity index (χ1) is 14.8. The number of fused-ring (bicyclic) bond motifs is 1. The van der Waals surface area contributed by atoms with Gasteiger partial charge in [0.1, 0.15) is 27.9 Å². The van der Waals surface area contributed by atoms with Crippen LogP contribution in [0, 0.1) is 0 Å². The molecule has 4 rings (SSSR count). The first kappa shape index (κ1) is 23.4. The smallest absolute Gasteiger partial charge is 0.349 e. The van der Waals surface area contributed by atoms with Crippen molar-refractivity contribution in [2.75, 3.05) is 27.5 Å². The van der Waals surface area contributed by atoms with Crippen LogP contribution in [0.3, 0.4) is 0 Å². The molecule has 0 atom stereocenters. The number of H-pyrrole nitrogens is 1. The van der Waals surface area contributed by atoms with Gasteiger partial charge >= 0.3 is 5.69 Å². The summed E-state index contributed by atoms with van der Waals surface area (Å²) in [5.74, 6) is 7.02. The molecule has 11 nitrogen and oxygen atoms in total. The molecule has 4 heterocycles. The highest BCUT2D eigenvalue weighted by molar-refractivity contribution is 14.1. The van der Waals surface area contributed by atoms with Crippen LogP contribution in [0.4, 0.5) is 23.3 Å². The number of rotatable bonds is 1. The number of nitrogens with two attached hydrogens (primary N) is 4. The number of nitrogen functional groups attached to an aromatic ring is 4. The molecule has 0 saturated carbocycles. The highest BCUT2D eigenvalue weighted by Gasteiger charge is 1.99. The zero-order valence-electron chi connectivity index (χ0n) is 16.7. The van der Waals surface area contributed by atoms with E-state index in [1.165, 1.54) is 4.40 Å². The maximum absolute atomic E-state index is 11.0. The maximum atomic E-state index is 11.0. The number of hydrogen-bond donors (Lipinski definition) is 6. The van der Waals surface area contributed by atoms with Gasteiger partial charge in [-0.25, -0.2) is 30.1 Å². The number of hydrazine groups is 1. The summed E-state index contributed by atoms with van der Waals surface area (Å²) in [6, 6.07) is 15.7. The van der Waals surface area contributed by atoms with E-state index in [-0.39, 0.29) is 5.69 Å². The minimum Gasteiger partial charge on any atom is -0.385 e. The van der Waals surface area contributed by atoms with Gasteiger partial charge in [0.15, 0.2) is 5.65 Å². The molecule has 0 fully saturated rings. The Bertz CT molecular complexity index is 1110. The van der Waals surface area contributed by atoms with E-state index in [4.69, 9.17) is 24.4 Å². The van der Waals surface area contributed by atoms with Crippen molar-refractivity contribution >= 4 is 67.4 Å². The third kappa shape index (κ3) is 8.22. The molecule has 0 radical (unpaired) electrons. The van der Waals surface area contributed by atoms with Crippen molar-refractivity contribution in [3.05, 3.63) is 69.7 Å². The van der Waals surface area contributed by atoms with Crippen molar-refractivity contribution in [2.24, 2.45) is 5.84 Å². The summed E-state index contributed by atoms with van der Waals surface area (Å²) in [7, 11) is 0. The summed E-state index contributed by atoms with van der Waals surface area (Å²) < 4.78 is 8.28. The van der Waals surface area contributed by atoms with E-state index in [0.29, 0.717) is 33.8 Å². The fourth-order valence-electron chi connectivity index (χ4n) is 1.93. The second kappa shape index (κ2) is 13.3. The SMILES string of the molecule is NNc1cccc(N)n1.Nc1cccc(Br)n1.Nc1cccc2n[nH]c(=O)n12.[2H]CI. The van der Waals surface area contributed by atoms with E-state index in [1.54, 1.807) is 42.5 Å². The Hall–Kier alpha value is -2.91. The second-order valence-corrected chi connectivity index (χ2v) is 5.96. The van der Waals surface area contributed by atoms with Crippen molar-refractivity contribution < 1.29 is 1.37 Å². The molecule has 0 saturated heterocycles. The van der Waals surface area contributed by atoms with Gasteiger partial charge in [0, 0.05) is 1.37 Å². The number of nitrogens with zero attached hydrogens (tertiary/aromatic N) is 4. The van der Waals surface area contributed by atoms with Crippen LogP contribution in [0.2, 0.25) is 0 Å². The van der Waals surface area contributed by atoms with Crippen LogP contribution in [0.15, 0.2) is 64.0 Å². The Morgan fingerprint density at radius 2 is 1.67 bits per heavy atom. The van der Waals surface area contributed by atoms with Crippen molar-refractivity contribution in [3.8, 4) is 0 Å². The Morgan fingerprint density at radius 1 is 1.07 bits per heavy atom. The van der Waals surface area contributed by atoms with Crippen LogP contribution in [0.5, 0.6) is 0 Å². The maximum Gasteiger partial charge on any atom is 0.349 e. The second-order valence-electron chi connectivity index (χ2n) is 5.15. The molecule has 0 aliphatic heterocycles. The molecule has 0 spiro atoms. The molecule has 0 aliphatic rings. The van der Waals surface area contributed by atoms with Crippen molar-refractivity contribution in [1.29, 1.82) is 0 Å². The van der Waals surface area contributed by atoms with Crippen molar-refractivity contribution in [3.63, 3.8) is 0 Å². The summed E-state index contributed by atoms with van der Waals surface area (Å²) in [5.41, 5.74) is 18.8. The number of nitrogens with one attached hydrogen (secondary N) is 2. The van der Waals surface area contributed by atoms with Gasteiger partial charge in [-0.3, -0.25) is 0 Å². The largest absolute Gasteiger partial charge is 0.385 e. The number of halogens is 2. The van der Waals surface area contributed by atoms with Crippen molar-refractivity contribution in [1.82, 2.24) is 24.6 Å². The number of anilines is 4. The van der Waals surface area contributed by atoms with E-state index in [2.05, 4.69) is 41.5 Å². The summed E-state index contributed by atoms with van der Waals surface area (Å²) in [6.07, 6.45) is 0. The van der Waals surface area contributed by atoms with Crippen LogP contribution in [-0.4, -0.2) is 29.5 Å². The fraction of sp³-hybridized carbons (Fsp3) is 0.0588. The van der Waals surface area contributed by atoms with E-state index >= 15 is 0 Å². The molecule has 30 heavy (non-hydrogen) atoms. The van der Waals surface area contributed by atoms with E-state index in [1.807, 2.05) is 34.7 Å². The lowest BCUT2D eigenvalue weighted by atomic mass is 10.4. The zero-order chi connectivity index (χ0) is 23.2. The monoisotopic (exact) mass is 589 g/mol. The molecule has 10 N–H and O–H groups in total. The van der Waals surface area contributed by atoms with E-state index < -0.39 is 0 Å². The standard InChI is InChI=1S/C6H6N4O.C5H5BrN2.C5H8N4.CH3I/c7-4-2-1-3-5-8-9-6(11)10(4)5;6-4-2-1-3-5(7)8-4;6-4-2-1-3-5(8-4)9-7;1-2/h1-3H,7H2,(H,9,11);1-3H,(H2,7,8);1-3H,7H2,(H3,6,8,9);1H3/i;;;1D. The quantitative estimate of drug-likeness (QED) is 0.0633. The minimum absolute atomic E-state index is 0.307. The third-order valence-electron chi connectivity index (χ3n) is 3.12. The van der Waals surface area contributed by atoms with Gasteiger partial charge in [-0.05, 0) is 57.2 Å². The lowest BCUT2D eigenvalue weighted by Gasteiger charge is -1.96. The van der Waals surface area contributed by atoms with Crippen LogP contribution < -0.4 is 34.2 Å². The highest BCUT2D eigenvalue weighted by atomic mass is 127. The molecule has 0 aliphatic carbocycles. The van der Waals surface area contributed by atoms with Crippen LogP contribution in [0.25, 0.3) is 5.65 Å². The molecule has 4 aromatic rings. The van der Waals surface area contributed by atoms with E-state index in [9.17, 15) is 4.79 Å². The lowest BCUT2D eigenvalue weighted by molar-refractivity contribution is 1.03. The van der Waals surface area contributed by atoms with Gasteiger partial charge in [0.05, 0.1) is 0 Å². The number of pyridine rings is 3. The first-order valence-electron chi connectivity index (χ1n) is 8.77. The summed E-state index contributed by atoms with van der Waals surface area (Å²) in [4.78, 5) is 19.1. The molecule has 0 amide bonds. The van der Waals surface area contributed by atoms with Crippen molar-refractivity contribution in [2.45, 2.75) is 0 Å². The highest BCUT2D eigenvalue weighted by Crippen LogP contribution is 2.06. The average molecular weight is 590 g/mol. The Kier molecular flexibility index (Phi) is 10.4. The predicted octanol–water partition coefficient (Wildman–Crippen LogP) is 2.03. The molecule has 0 bridgehead atoms. The van der Waals surface area contributed by atoms with Gasteiger partial charge in [0.25, 0.3) is 0 Å². The van der Waals surface area contributed by atoms with Gasteiger partial charge in [0.2, 0.25) is 0 Å². The summed E-state index contributed by atoms with van der Waals surface area (Å²) in [6.45, 7) is 0. The van der Waals surface area contributed by atoms with Crippen LogP contribution in [-0.2, 0) is 0 Å². The van der Waals surface area contributed by atoms with Crippen LogP contribution in [0.1, 0.15) is 1.37 Å². The number of hydrogen-bond acceptors (Lipinski definition) is 9. The lowest BCUT2D eigenvalue weighted by Crippen LogP contribution is -2.12. The Balaban J connectivity index is 0.000000221. The first-order valence-corrected chi connectivity index (χ1v) is 10.4. The van der Waals surface area contributed by atoms with Gasteiger partial charge in [-0.1, -0.05) is 40.8 Å². The molecule has 4 aromatic heterocycles. The zero-order valence-corrected chi connectivity index (χ0v) is 19.4. The predicted molar refractivity (Wildman–Crippen MR) is 133 cm³/mol. The summed E-state index contributed by atoms with van der Waals surface area (Å²) in [5, 5.41) is 6.02. The number of aromatic nitrogens is 5.